The summed E-state index contributed by atoms with van der Waals surface area (Å²) in [4.78, 5) is 32.3. The molecule has 1 aromatic carbocycles. The Morgan fingerprint density at radius 2 is 1.97 bits per heavy atom. The monoisotopic (exact) mass is 546 g/mol. The van der Waals surface area contributed by atoms with Gasteiger partial charge in [0.1, 0.15) is 5.69 Å². The normalized spacial score (nSPS) is 16.2. The van der Waals surface area contributed by atoms with E-state index >= 15 is 0 Å². The lowest BCUT2D eigenvalue weighted by molar-refractivity contribution is 0.0999. The van der Waals surface area contributed by atoms with Gasteiger partial charge in [0.05, 0.1) is 26.2 Å². The lowest BCUT2D eigenvalue weighted by atomic mass is 10.1. The van der Waals surface area contributed by atoms with Crippen LogP contribution in [0.25, 0.3) is 11.1 Å². The molecular weight excluding hydrogens is 512 g/mol. The zero-order valence-corrected chi connectivity index (χ0v) is 23.5. The van der Waals surface area contributed by atoms with Gasteiger partial charge in [-0.1, -0.05) is 36.4 Å². The molecule has 1 N–H and O–H groups in total. The van der Waals surface area contributed by atoms with Gasteiger partial charge in [0.15, 0.2) is 0 Å². The molecule has 2 heterocycles. The third-order valence-electron chi connectivity index (χ3n) is 6.37. The number of aryl methyl sites for hydroxylation is 2. The Hall–Kier alpha value is -3.89. The number of rotatable bonds is 9. The predicted octanol–water partition coefficient (Wildman–Crippen LogP) is 4.49. The minimum atomic E-state index is -2.83. The second-order valence-electron chi connectivity index (χ2n) is 9.83. The molecular formula is C29H34N6O3S. The molecule has 4 rings (SSSR count). The SMILES string of the molecule is Cc1cc(C(=O)Nc2cccc(-c3cncc(C(=O)N=[S@](=O)(CCCN(C)C)C4C=CC=CC4)c3)c2)n(C)n1. The van der Waals surface area contributed by atoms with Crippen LogP contribution in [0, 0.1) is 6.92 Å². The molecule has 10 heteroatoms. The Bertz CT molecular complexity index is 1550. The first-order valence-electron chi connectivity index (χ1n) is 12.8. The quantitative estimate of drug-likeness (QED) is 0.424. The van der Waals surface area contributed by atoms with E-state index in [1.165, 1.54) is 10.9 Å². The lowest BCUT2D eigenvalue weighted by Gasteiger charge is -2.20. The number of allylic oxidation sites excluding steroid dienone is 3. The van der Waals surface area contributed by atoms with Gasteiger partial charge in [-0.05, 0) is 70.2 Å². The number of carbonyl (C=O) groups excluding carboxylic acids is 2. The number of pyridine rings is 1. The molecule has 3 aromatic rings. The number of hydrogen-bond acceptors (Lipinski definition) is 6. The summed E-state index contributed by atoms with van der Waals surface area (Å²) in [7, 11) is 2.82. The van der Waals surface area contributed by atoms with E-state index in [4.69, 9.17) is 0 Å². The van der Waals surface area contributed by atoms with E-state index in [0.717, 1.165) is 17.8 Å². The van der Waals surface area contributed by atoms with E-state index < -0.39 is 15.6 Å². The summed E-state index contributed by atoms with van der Waals surface area (Å²) >= 11 is 0. The Kier molecular flexibility index (Phi) is 8.88. The minimum Gasteiger partial charge on any atom is -0.321 e. The molecule has 0 aliphatic heterocycles. The van der Waals surface area contributed by atoms with Gasteiger partial charge in [0.25, 0.3) is 11.8 Å². The molecule has 0 radical (unpaired) electrons. The number of hydrogen-bond donors (Lipinski definition) is 1. The van der Waals surface area contributed by atoms with Crippen molar-refractivity contribution in [3.8, 4) is 11.1 Å². The van der Waals surface area contributed by atoms with Gasteiger partial charge in [0.2, 0.25) is 0 Å². The number of anilines is 1. The Morgan fingerprint density at radius 3 is 2.67 bits per heavy atom. The second-order valence-corrected chi connectivity index (χ2v) is 12.4. The summed E-state index contributed by atoms with van der Waals surface area (Å²) in [5, 5.41) is 6.81. The highest BCUT2D eigenvalue weighted by Crippen LogP contribution is 2.25. The Balaban J connectivity index is 1.58. The molecule has 0 bridgehead atoms. The minimum absolute atomic E-state index is 0.267. The molecule has 204 valence electrons. The van der Waals surface area contributed by atoms with E-state index in [9.17, 15) is 13.8 Å². The summed E-state index contributed by atoms with van der Waals surface area (Å²) in [5.41, 5.74) is 3.52. The molecule has 0 saturated carbocycles. The fourth-order valence-corrected chi connectivity index (χ4v) is 6.59. The molecule has 1 aliphatic carbocycles. The van der Waals surface area contributed by atoms with Gasteiger partial charge < -0.3 is 10.2 Å². The van der Waals surface area contributed by atoms with Crippen LogP contribution >= 0.6 is 0 Å². The van der Waals surface area contributed by atoms with Crippen LogP contribution in [0.15, 0.2) is 77.5 Å². The van der Waals surface area contributed by atoms with Gasteiger partial charge in [-0.2, -0.15) is 9.46 Å². The van der Waals surface area contributed by atoms with Crippen LogP contribution in [-0.4, -0.2) is 67.3 Å². The summed E-state index contributed by atoms with van der Waals surface area (Å²) in [5.74, 6) is -0.477. The van der Waals surface area contributed by atoms with Crippen molar-refractivity contribution in [1.82, 2.24) is 19.7 Å². The summed E-state index contributed by atoms with van der Waals surface area (Å²) in [6.07, 6.45) is 12.0. The first-order chi connectivity index (χ1) is 18.6. The van der Waals surface area contributed by atoms with Crippen LogP contribution in [0.5, 0.6) is 0 Å². The lowest BCUT2D eigenvalue weighted by Crippen LogP contribution is -2.26. The Labute approximate surface area is 229 Å². The van der Waals surface area contributed by atoms with E-state index in [1.807, 2.05) is 68.4 Å². The van der Waals surface area contributed by atoms with Crippen LogP contribution in [0.2, 0.25) is 0 Å². The van der Waals surface area contributed by atoms with Crippen molar-refractivity contribution >= 4 is 27.2 Å². The fourth-order valence-electron chi connectivity index (χ4n) is 4.39. The van der Waals surface area contributed by atoms with Crippen molar-refractivity contribution in [3.05, 3.63) is 90.0 Å². The van der Waals surface area contributed by atoms with Gasteiger partial charge in [0, 0.05) is 36.4 Å². The molecule has 39 heavy (non-hydrogen) atoms. The van der Waals surface area contributed by atoms with Gasteiger partial charge in [-0.25, -0.2) is 4.21 Å². The zero-order chi connectivity index (χ0) is 28.0. The van der Waals surface area contributed by atoms with Gasteiger partial charge in [-0.3, -0.25) is 19.3 Å². The molecule has 0 fully saturated rings. The van der Waals surface area contributed by atoms with E-state index in [0.29, 0.717) is 35.5 Å². The third-order valence-corrected chi connectivity index (χ3v) is 9.01. The van der Waals surface area contributed by atoms with Crippen molar-refractivity contribution < 1.29 is 13.8 Å². The van der Waals surface area contributed by atoms with Gasteiger partial charge in [-0.15, -0.1) is 0 Å². The molecule has 0 saturated heterocycles. The average Bonchev–Trinajstić information content (AvgIpc) is 3.27. The van der Waals surface area contributed by atoms with Crippen LogP contribution in [-0.2, 0) is 16.8 Å². The summed E-state index contributed by atoms with van der Waals surface area (Å²) in [6.45, 7) is 2.59. The molecule has 9 nitrogen and oxygen atoms in total. The number of nitrogens with one attached hydrogen (secondary N) is 1. The van der Waals surface area contributed by atoms with Crippen LogP contribution in [0.4, 0.5) is 5.69 Å². The standard InChI is InChI=1S/C29H34N6O3S/c1-21-16-27(35(4)32-21)29(37)31-25-11-8-10-22(18-25)23-17-24(20-30-19-23)28(36)33-39(38,15-9-14-34(2)3)26-12-6-5-7-13-26/h5-8,10-12,16-20,26H,9,13-15H2,1-4H3,(H,31,37)/t26?,39-/m0/s1. The first kappa shape index (κ1) is 28.1. The average molecular weight is 547 g/mol. The van der Waals surface area contributed by atoms with E-state index in [1.54, 1.807) is 31.4 Å². The van der Waals surface area contributed by atoms with E-state index in [2.05, 4.69) is 19.8 Å². The fraction of sp³-hybridized carbons (Fsp3) is 0.310. The van der Waals surface area contributed by atoms with Crippen molar-refractivity contribution in [2.75, 3.05) is 31.7 Å². The van der Waals surface area contributed by atoms with Crippen molar-refractivity contribution in [2.45, 2.75) is 25.0 Å². The Morgan fingerprint density at radius 1 is 1.15 bits per heavy atom. The summed E-state index contributed by atoms with van der Waals surface area (Å²) in [6, 6.07) is 10.7. The number of carbonyl (C=O) groups is 2. The zero-order valence-electron chi connectivity index (χ0n) is 22.7. The molecule has 2 atom stereocenters. The molecule has 2 amide bonds. The highest BCUT2D eigenvalue weighted by molar-refractivity contribution is 7.94. The van der Waals surface area contributed by atoms with Crippen LogP contribution < -0.4 is 5.32 Å². The highest BCUT2D eigenvalue weighted by Gasteiger charge is 2.23. The van der Waals surface area contributed by atoms with Crippen LogP contribution in [0.3, 0.4) is 0 Å². The van der Waals surface area contributed by atoms with Gasteiger partial charge >= 0.3 is 0 Å². The van der Waals surface area contributed by atoms with Crippen molar-refractivity contribution in [2.24, 2.45) is 11.4 Å². The van der Waals surface area contributed by atoms with Crippen molar-refractivity contribution in [3.63, 3.8) is 0 Å². The molecule has 1 unspecified atom stereocenters. The largest absolute Gasteiger partial charge is 0.321 e. The maximum atomic E-state index is 14.0. The van der Waals surface area contributed by atoms with Crippen molar-refractivity contribution in [1.29, 1.82) is 0 Å². The maximum Gasteiger partial charge on any atom is 0.286 e. The maximum absolute atomic E-state index is 14.0. The van der Waals surface area contributed by atoms with Crippen LogP contribution in [0.1, 0.15) is 39.4 Å². The number of benzene rings is 1. The molecule has 2 aromatic heterocycles. The topological polar surface area (TPSA) is 110 Å². The van der Waals surface area contributed by atoms with E-state index in [-0.39, 0.29) is 16.7 Å². The second kappa shape index (κ2) is 12.3. The smallest absolute Gasteiger partial charge is 0.286 e. The molecule has 0 spiro atoms. The predicted molar refractivity (Wildman–Crippen MR) is 155 cm³/mol. The molecule has 1 aliphatic rings. The first-order valence-corrected chi connectivity index (χ1v) is 14.5. The summed E-state index contributed by atoms with van der Waals surface area (Å²) < 4.78 is 19.8. The highest BCUT2D eigenvalue weighted by atomic mass is 32.2. The number of aromatic nitrogens is 3. The number of amides is 2. The third kappa shape index (κ3) is 7.15. The number of nitrogens with zero attached hydrogens (tertiary/aromatic N) is 5.